The SMILES string of the molecule is COc1cc([C@@H](C)NC(=O)CCc2ccncc2)ccc1OC(C)C. The van der Waals surface area contributed by atoms with Crippen LogP contribution in [0.5, 0.6) is 11.5 Å². The molecule has 1 heterocycles. The second-order valence-corrected chi connectivity index (χ2v) is 6.22. The third-order valence-corrected chi connectivity index (χ3v) is 3.82. The van der Waals surface area contributed by atoms with E-state index in [1.807, 2.05) is 51.1 Å². The Morgan fingerprint density at radius 3 is 2.48 bits per heavy atom. The zero-order valence-corrected chi connectivity index (χ0v) is 15.3. The Morgan fingerprint density at radius 1 is 1.12 bits per heavy atom. The molecule has 1 aromatic carbocycles. The second kappa shape index (κ2) is 9.06. The molecule has 0 unspecified atom stereocenters. The first kappa shape index (κ1) is 18.8. The van der Waals surface area contributed by atoms with Gasteiger partial charge in [0, 0.05) is 18.8 Å². The van der Waals surface area contributed by atoms with E-state index in [0.29, 0.717) is 24.3 Å². The summed E-state index contributed by atoms with van der Waals surface area (Å²) in [6, 6.07) is 9.49. The van der Waals surface area contributed by atoms with Crippen LogP contribution in [0.3, 0.4) is 0 Å². The molecule has 0 aliphatic carbocycles. The Kier molecular flexibility index (Phi) is 6.81. The summed E-state index contributed by atoms with van der Waals surface area (Å²) in [4.78, 5) is 16.2. The zero-order chi connectivity index (χ0) is 18.2. The van der Waals surface area contributed by atoms with Crippen LogP contribution in [0.1, 0.15) is 44.4 Å². The molecule has 0 radical (unpaired) electrons. The molecule has 0 bridgehead atoms. The number of amides is 1. The Bertz CT molecular complexity index is 687. The van der Waals surface area contributed by atoms with Gasteiger partial charge in [-0.05, 0) is 62.6 Å². The third kappa shape index (κ3) is 5.78. The van der Waals surface area contributed by atoms with E-state index >= 15 is 0 Å². The molecule has 1 atom stereocenters. The van der Waals surface area contributed by atoms with Crippen LogP contribution in [-0.4, -0.2) is 24.1 Å². The number of rotatable bonds is 8. The predicted octanol–water partition coefficient (Wildman–Crippen LogP) is 3.69. The number of nitrogens with zero attached hydrogens (tertiary/aromatic N) is 1. The van der Waals surface area contributed by atoms with Crippen molar-refractivity contribution in [1.29, 1.82) is 0 Å². The van der Waals surface area contributed by atoms with Gasteiger partial charge in [0.05, 0.1) is 19.3 Å². The summed E-state index contributed by atoms with van der Waals surface area (Å²) in [5.41, 5.74) is 2.08. The van der Waals surface area contributed by atoms with Crippen LogP contribution in [0.4, 0.5) is 0 Å². The normalized spacial score (nSPS) is 11.9. The van der Waals surface area contributed by atoms with Crippen molar-refractivity contribution in [2.45, 2.75) is 45.8 Å². The van der Waals surface area contributed by atoms with E-state index in [2.05, 4.69) is 10.3 Å². The second-order valence-electron chi connectivity index (χ2n) is 6.22. The number of nitrogens with one attached hydrogen (secondary N) is 1. The monoisotopic (exact) mass is 342 g/mol. The number of ether oxygens (including phenoxy) is 2. The Labute approximate surface area is 149 Å². The first-order valence-corrected chi connectivity index (χ1v) is 8.52. The number of aromatic nitrogens is 1. The summed E-state index contributed by atoms with van der Waals surface area (Å²) in [5.74, 6) is 1.40. The molecule has 2 aromatic rings. The van der Waals surface area contributed by atoms with Gasteiger partial charge in [-0.3, -0.25) is 9.78 Å². The quantitative estimate of drug-likeness (QED) is 0.795. The average molecular weight is 342 g/mol. The van der Waals surface area contributed by atoms with Gasteiger partial charge in [-0.25, -0.2) is 0 Å². The van der Waals surface area contributed by atoms with Crippen LogP contribution in [0, 0.1) is 0 Å². The van der Waals surface area contributed by atoms with Crippen LogP contribution >= 0.6 is 0 Å². The lowest BCUT2D eigenvalue weighted by Gasteiger charge is -2.18. The Morgan fingerprint density at radius 2 is 1.84 bits per heavy atom. The number of carbonyl (C=O) groups excluding carboxylic acids is 1. The molecule has 5 nitrogen and oxygen atoms in total. The molecule has 1 N–H and O–H groups in total. The maximum absolute atomic E-state index is 12.2. The van der Waals surface area contributed by atoms with Gasteiger partial charge in [0.2, 0.25) is 5.91 Å². The van der Waals surface area contributed by atoms with Gasteiger partial charge in [-0.15, -0.1) is 0 Å². The minimum Gasteiger partial charge on any atom is -0.493 e. The molecule has 0 aliphatic heterocycles. The van der Waals surface area contributed by atoms with Crippen LogP contribution < -0.4 is 14.8 Å². The number of carbonyl (C=O) groups is 1. The lowest BCUT2D eigenvalue weighted by molar-refractivity contribution is -0.121. The standard InChI is InChI=1S/C20H26N2O3/c1-14(2)25-18-7-6-17(13-19(18)24-4)15(3)22-20(23)8-5-16-9-11-21-12-10-16/h6-7,9-15H,5,8H2,1-4H3,(H,22,23)/t15-/m1/s1. The predicted molar refractivity (Wildman–Crippen MR) is 97.9 cm³/mol. The van der Waals surface area contributed by atoms with E-state index in [-0.39, 0.29) is 18.1 Å². The lowest BCUT2D eigenvalue weighted by atomic mass is 10.1. The maximum Gasteiger partial charge on any atom is 0.220 e. The summed E-state index contributed by atoms with van der Waals surface area (Å²) >= 11 is 0. The number of benzene rings is 1. The van der Waals surface area contributed by atoms with Crippen LogP contribution in [0.25, 0.3) is 0 Å². The van der Waals surface area contributed by atoms with Gasteiger partial charge >= 0.3 is 0 Å². The highest BCUT2D eigenvalue weighted by Crippen LogP contribution is 2.31. The summed E-state index contributed by atoms with van der Waals surface area (Å²) in [6.07, 6.45) is 4.70. The number of aryl methyl sites for hydroxylation is 1. The van der Waals surface area contributed by atoms with E-state index in [9.17, 15) is 4.79 Å². The van der Waals surface area contributed by atoms with Gasteiger partial charge in [0.15, 0.2) is 11.5 Å². The molecule has 1 aromatic heterocycles. The summed E-state index contributed by atoms with van der Waals surface area (Å²) in [7, 11) is 1.62. The molecule has 5 heteroatoms. The van der Waals surface area contributed by atoms with Crippen LogP contribution in [0.15, 0.2) is 42.7 Å². The minimum atomic E-state index is -0.105. The van der Waals surface area contributed by atoms with Gasteiger partial charge < -0.3 is 14.8 Å². The van der Waals surface area contributed by atoms with Crippen molar-refractivity contribution in [1.82, 2.24) is 10.3 Å². The van der Waals surface area contributed by atoms with Gasteiger partial charge in [-0.2, -0.15) is 0 Å². The van der Waals surface area contributed by atoms with E-state index in [1.54, 1.807) is 19.5 Å². The minimum absolute atomic E-state index is 0.0192. The fraction of sp³-hybridized carbons (Fsp3) is 0.400. The van der Waals surface area contributed by atoms with Gasteiger partial charge in [-0.1, -0.05) is 6.07 Å². The maximum atomic E-state index is 12.2. The summed E-state index contributed by atoms with van der Waals surface area (Å²) in [5, 5.41) is 3.03. The van der Waals surface area contributed by atoms with Crippen molar-refractivity contribution in [3.05, 3.63) is 53.9 Å². The molecule has 0 fully saturated rings. The zero-order valence-electron chi connectivity index (χ0n) is 15.3. The molecule has 0 saturated heterocycles. The number of hydrogen-bond acceptors (Lipinski definition) is 4. The molecule has 0 spiro atoms. The van der Waals surface area contributed by atoms with E-state index in [0.717, 1.165) is 11.1 Å². The molecule has 0 saturated carbocycles. The topological polar surface area (TPSA) is 60.5 Å². The number of pyridine rings is 1. The molecule has 2 rings (SSSR count). The van der Waals surface area contributed by atoms with E-state index < -0.39 is 0 Å². The van der Waals surface area contributed by atoms with Gasteiger partial charge in [0.1, 0.15) is 0 Å². The summed E-state index contributed by atoms with van der Waals surface area (Å²) < 4.78 is 11.1. The van der Waals surface area contributed by atoms with Crippen molar-refractivity contribution < 1.29 is 14.3 Å². The summed E-state index contributed by atoms with van der Waals surface area (Å²) in [6.45, 7) is 5.90. The number of methoxy groups -OCH3 is 1. The van der Waals surface area contributed by atoms with Crippen LogP contribution in [0.2, 0.25) is 0 Å². The van der Waals surface area contributed by atoms with E-state index in [1.165, 1.54) is 0 Å². The highest BCUT2D eigenvalue weighted by atomic mass is 16.5. The molecule has 0 aliphatic rings. The molecule has 25 heavy (non-hydrogen) atoms. The largest absolute Gasteiger partial charge is 0.493 e. The smallest absolute Gasteiger partial charge is 0.220 e. The highest BCUT2D eigenvalue weighted by molar-refractivity contribution is 5.76. The van der Waals surface area contributed by atoms with Crippen molar-refractivity contribution in [3.8, 4) is 11.5 Å². The molecule has 1 amide bonds. The molecule has 134 valence electrons. The van der Waals surface area contributed by atoms with E-state index in [4.69, 9.17) is 9.47 Å². The third-order valence-electron chi connectivity index (χ3n) is 3.82. The Balaban J connectivity index is 1.95. The van der Waals surface area contributed by atoms with Crippen molar-refractivity contribution >= 4 is 5.91 Å². The fourth-order valence-electron chi connectivity index (χ4n) is 2.51. The average Bonchev–Trinajstić information content (AvgIpc) is 2.60. The first-order chi connectivity index (χ1) is 12.0. The number of hydrogen-bond donors (Lipinski definition) is 1. The van der Waals surface area contributed by atoms with Crippen molar-refractivity contribution in [2.24, 2.45) is 0 Å². The van der Waals surface area contributed by atoms with Crippen LogP contribution in [-0.2, 0) is 11.2 Å². The molecular weight excluding hydrogens is 316 g/mol. The molecular formula is C20H26N2O3. The first-order valence-electron chi connectivity index (χ1n) is 8.52. The fourth-order valence-corrected chi connectivity index (χ4v) is 2.51. The lowest BCUT2D eigenvalue weighted by Crippen LogP contribution is -2.26. The highest BCUT2D eigenvalue weighted by Gasteiger charge is 2.13. The van der Waals surface area contributed by atoms with Crippen molar-refractivity contribution in [3.63, 3.8) is 0 Å². The van der Waals surface area contributed by atoms with Gasteiger partial charge in [0.25, 0.3) is 0 Å². The Hall–Kier alpha value is -2.56. The van der Waals surface area contributed by atoms with Crippen molar-refractivity contribution in [2.75, 3.05) is 7.11 Å².